The minimum atomic E-state index is -1.12. The molecular weight excluding hydrogens is 775 g/mol. The highest BCUT2D eigenvalue weighted by molar-refractivity contribution is 7.81. The molecule has 2 heterocycles. The molecule has 4 amide bonds. The lowest BCUT2D eigenvalue weighted by atomic mass is 9.70. The summed E-state index contributed by atoms with van der Waals surface area (Å²) in [6.45, 7) is 25.2. The van der Waals surface area contributed by atoms with E-state index in [1.807, 2.05) is 18.0 Å². The molecule has 60 heavy (non-hydrogen) atoms. The molecule has 13 heteroatoms. The Kier molecular flexibility index (Phi) is 18.0. The SMILES string of the molecule is C=CCNC(=O)C(=C)C(CC1CCC1)NC(=O)C1CCCN1C(=O)C(NC(=C)NC(CN(C)S(C)=O)C(C)(C)C)C1(C)CCCCC1.CC(=O)N1CCc2ccccc2C1. The van der Waals surface area contributed by atoms with E-state index < -0.39 is 29.1 Å². The Balaban J connectivity index is 0.000000512. The predicted molar refractivity (Wildman–Crippen MR) is 243 cm³/mol. The number of benzene rings is 1. The van der Waals surface area contributed by atoms with E-state index in [0.29, 0.717) is 49.8 Å². The minimum Gasteiger partial charge on any atom is -0.368 e. The van der Waals surface area contributed by atoms with Crippen molar-refractivity contribution in [3.63, 3.8) is 0 Å². The number of amides is 4. The van der Waals surface area contributed by atoms with Gasteiger partial charge in [-0.3, -0.25) is 19.2 Å². The van der Waals surface area contributed by atoms with E-state index in [0.717, 1.165) is 77.3 Å². The van der Waals surface area contributed by atoms with Gasteiger partial charge in [-0.15, -0.1) is 6.58 Å². The molecule has 0 aromatic heterocycles. The fourth-order valence-electron chi connectivity index (χ4n) is 8.79. The second-order valence-corrected chi connectivity index (χ2v) is 20.3. The van der Waals surface area contributed by atoms with Gasteiger partial charge in [-0.25, -0.2) is 8.51 Å². The molecule has 0 bridgehead atoms. The molecule has 1 aromatic carbocycles. The number of fused-ring (bicyclic) bond motifs is 1. The van der Waals surface area contributed by atoms with Crippen molar-refractivity contribution in [1.29, 1.82) is 0 Å². The largest absolute Gasteiger partial charge is 0.368 e. The van der Waals surface area contributed by atoms with Gasteiger partial charge in [0.05, 0.1) is 22.8 Å². The van der Waals surface area contributed by atoms with Crippen molar-refractivity contribution < 1.29 is 23.4 Å². The van der Waals surface area contributed by atoms with Gasteiger partial charge in [0.25, 0.3) is 0 Å². The first-order valence-electron chi connectivity index (χ1n) is 22.1. The number of hydrogen-bond donors (Lipinski definition) is 4. The third-order valence-corrected chi connectivity index (χ3v) is 14.2. The van der Waals surface area contributed by atoms with Gasteiger partial charge in [-0.2, -0.15) is 0 Å². The highest BCUT2D eigenvalue weighted by Gasteiger charge is 2.46. The van der Waals surface area contributed by atoms with E-state index in [2.05, 4.69) is 86.9 Å². The van der Waals surface area contributed by atoms with Crippen molar-refractivity contribution in [1.82, 2.24) is 35.4 Å². The molecule has 334 valence electrons. The summed E-state index contributed by atoms with van der Waals surface area (Å²) in [5.41, 5.74) is 2.54. The van der Waals surface area contributed by atoms with Crippen LogP contribution < -0.4 is 21.3 Å². The second kappa shape index (κ2) is 22.2. The van der Waals surface area contributed by atoms with Crippen molar-refractivity contribution in [2.24, 2.45) is 16.7 Å². The quantitative estimate of drug-likeness (QED) is 0.116. The Labute approximate surface area is 363 Å². The Bertz CT molecular complexity index is 1710. The molecule has 1 aromatic rings. The molecule has 12 nitrogen and oxygen atoms in total. The molecule has 3 fully saturated rings. The van der Waals surface area contributed by atoms with Crippen LogP contribution in [0.1, 0.15) is 116 Å². The number of rotatable bonds is 17. The van der Waals surface area contributed by atoms with Crippen LogP contribution in [0.15, 0.2) is 61.5 Å². The molecule has 2 saturated carbocycles. The first-order valence-corrected chi connectivity index (χ1v) is 23.6. The normalized spacial score (nSPS) is 20.8. The summed E-state index contributed by atoms with van der Waals surface area (Å²) in [4.78, 5) is 56.1. The summed E-state index contributed by atoms with van der Waals surface area (Å²) >= 11 is 0. The number of nitrogens with one attached hydrogen (secondary N) is 4. The summed E-state index contributed by atoms with van der Waals surface area (Å²) in [6.07, 6.45) is 14.6. The second-order valence-electron chi connectivity index (χ2n) is 18.8. The number of likely N-dealkylation sites (N-methyl/N-ethyl adjacent to an activating group) is 1. The van der Waals surface area contributed by atoms with Crippen LogP contribution in [0.25, 0.3) is 0 Å². The van der Waals surface area contributed by atoms with Gasteiger partial charge >= 0.3 is 0 Å². The van der Waals surface area contributed by atoms with Gasteiger partial charge in [0.15, 0.2) is 0 Å². The van der Waals surface area contributed by atoms with E-state index in [1.54, 1.807) is 28.5 Å². The van der Waals surface area contributed by atoms with Gasteiger partial charge < -0.3 is 31.1 Å². The van der Waals surface area contributed by atoms with E-state index in [-0.39, 0.29) is 40.5 Å². The number of hydrogen-bond acceptors (Lipinski definition) is 7. The minimum absolute atomic E-state index is 0.0824. The molecular formula is C47H75N7O5S. The Morgan fingerprint density at radius 1 is 0.967 bits per heavy atom. The molecule has 5 rings (SSSR count). The maximum atomic E-state index is 14.6. The van der Waals surface area contributed by atoms with Crippen LogP contribution >= 0.6 is 0 Å². The number of likely N-dealkylation sites (tertiary alicyclic amines) is 1. The first-order chi connectivity index (χ1) is 28.3. The zero-order chi connectivity index (χ0) is 44.2. The van der Waals surface area contributed by atoms with Crippen molar-refractivity contribution in [3.05, 3.63) is 72.6 Å². The summed E-state index contributed by atoms with van der Waals surface area (Å²) in [5, 5.41) is 13.0. The van der Waals surface area contributed by atoms with Gasteiger partial charge in [0.2, 0.25) is 23.6 Å². The number of carbonyl (C=O) groups excluding carboxylic acids is 4. The molecule has 5 unspecified atom stereocenters. The fourth-order valence-corrected chi connectivity index (χ4v) is 9.15. The highest BCUT2D eigenvalue weighted by Crippen LogP contribution is 2.41. The summed E-state index contributed by atoms with van der Waals surface area (Å²) in [6, 6.07) is 6.57. The van der Waals surface area contributed by atoms with Gasteiger partial charge in [0, 0.05) is 57.5 Å². The molecule has 4 N–H and O–H groups in total. The van der Waals surface area contributed by atoms with Crippen LogP contribution in [0, 0.1) is 16.7 Å². The van der Waals surface area contributed by atoms with E-state index >= 15 is 0 Å². The maximum Gasteiger partial charge on any atom is 0.248 e. The van der Waals surface area contributed by atoms with E-state index in [4.69, 9.17) is 0 Å². The monoisotopic (exact) mass is 850 g/mol. The zero-order valence-electron chi connectivity index (χ0n) is 37.7. The molecule has 2 aliphatic heterocycles. The Morgan fingerprint density at radius 3 is 2.22 bits per heavy atom. The Hall–Kier alpha value is -3.97. The van der Waals surface area contributed by atoms with Crippen LogP contribution in [-0.4, -0.2) is 106 Å². The zero-order valence-corrected chi connectivity index (χ0v) is 38.5. The van der Waals surface area contributed by atoms with Crippen molar-refractivity contribution >= 4 is 34.6 Å². The van der Waals surface area contributed by atoms with E-state index in [9.17, 15) is 23.4 Å². The van der Waals surface area contributed by atoms with Crippen LogP contribution in [0.3, 0.4) is 0 Å². The molecule has 5 atom stereocenters. The summed E-state index contributed by atoms with van der Waals surface area (Å²) < 4.78 is 13.9. The number of carbonyl (C=O) groups is 4. The van der Waals surface area contributed by atoms with Crippen molar-refractivity contribution in [3.8, 4) is 0 Å². The summed E-state index contributed by atoms with van der Waals surface area (Å²) in [7, 11) is 0.714. The maximum absolute atomic E-state index is 14.6. The molecule has 4 aliphatic rings. The molecule has 2 aliphatic carbocycles. The lowest BCUT2D eigenvalue weighted by molar-refractivity contribution is -0.143. The molecule has 1 saturated heterocycles. The summed E-state index contributed by atoms with van der Waals surface area (Å²) in [5.74, 6) is 0.553. The predicted octanol–water partition coefficient (Wildman–Crippen LogP) is 5.73. The third-order valence-electron chi connectivity index (χ3n) is 13.2. The number of nitrogens with zero attached hydrogens (tertiary/aromatic N) is 3. The van der Waals surface area contributed by atoms with Gasteiger partial charge in [-0.1, -0.05) is 110 Å². The van der Waals surface area contributed by atoms with Crippen LogP contribution in [0.4, 0.5) is 0 Å². The highest BCUT2D eigenvalue weighted by atomic mass is 32.2. The van der Waals surface area contributed by atoms with Gasteiger partial charge in [-0.05, 0) is 73.4 Å². The van der Waals surface area contributed by atoms with Crippen LogP contribution in [-0.2, 0) is 43.1 Å². The van der Waals surface area contributed by atoms with Gasteiger partial charge in [0.1, 0.15) is 12.1 Å². The standard InChI is InChI=1S/C36H62N6O4S.C11H13NO/c1-10-21-37-32(43)25(2)28(23-27-16-14-17-27)40-33(44)29-18-15-22-42(29)34(45)31(36(7)19-12-11-13-20-36)39-26(3)38-30(35(4,5)6)24-41(8)47(9)46;1-9(13)12-7-6-10-4-2-3-5-11(10)8-12/h10,27-31,38-39H,1-3,11-24H2,4-9H3,(H,37,43)(H,40,44);2-5H,6-8H2,1H3. The smallest absolute Gasteiger partial charge is 0.248 e. The third kappa shape index (κ3) is 13.5. The first kappa shape index (κ1) is 48.7. The van der Waals surface area contributed by atoms with Crippen molar-refractivity contribution in [2.75, 3.05) is 39.5 Å². The lowest BCUT2D eigenvalue weighted by Gasteiger charge is -2.44. The van der Waals surface area contributed by atoms with Crippen LogP contribution in [0.5, 0.6) is 0 Å². The van der Waals surface area contributed by atoms with Crippen molar-refractivity contribution in [2.45, 2.75) is 142 Å². The van der Waals surface area contributed by atoms with E-state index in [1.165, 1.54) is 11.1 Å². The van der Waals surface area contributed by atoms with Crippen LogP contribution in [0.2, 0.25) is 0 Å². The fraction of sp³-hybridized carbons (Fsp3) is 0.660. The molecule has 0 radical (unpaired) electrons. The lowest BCUT2D eigenvalue weighted by Crippen LogP contribution is -2.60. The average molecular weight is 850 g/mol. The Morgan fingerprint density at radius 2 is 1.63 bits per heavy atom. The average Bonchev–Trinajstić information content (AvgIpc) is 3.69. The topological polar surface area (TPSA) is 143 Å². The molecule has 0 spiro atoms.